The molecule has 196 valence electrons. The van der Waals surface area contributed by atoms with E-state index in [1.54, 1.807) is 41.2 Å². The van der Waals surface area contributed by atoms with Crippen molar-refractivity contribution in [1.82, 2.24) is 19.4 Å². The summed E-state index contributed by atoms with van der Waals surface area (Å²) in [6, 6.07) is 13.9. The third-order valence-corrected chi connectivity index (χ3v) is 8.74. The van der Waals surface area contributed by atoms with Crippen LogP contribution in [0.5, 0.6) is 0 Å². The summed E-state index contributed by atoms with van der Waals surface area (Å²) in [7, 11) is 1.72. The van der Waals surface area contributed by atoms with E-state index < -0.39 is 0 Å². The smallest absolute Gasteiger partial charge is 0.252 e. The first-order chi connectivity index (χ1) is 18.2. The number of fused-ring (bicyclic) bond motifs is 1. The molecule has 0 spiro atoms. The number of nitriles is 1. The number of thiazole rings is 1. The van der Waals surface area contributed by atoms with E-state index in [-0.39, 0.29) is 29.5 Å². The molecule has 0 radical (unpaired) electrons. The van der Waals surface area contributed by atoms with Crippen LogP contribution >= 0.6 is 11.3 Å². The van der Waals surface area contributed by atoms with Crippen LogP contribution in [0.3, 0.4) is 0 Å². The first kappa shape index (κ1) is 26.0. The summed E-state index contributed by atoms with van der Waals surface area (Å²) in [6.07, 6.45) is 1.95. The zero-order valence-electron chi connectivity index (χ0n) is 22.2. The Labute approximate surface area is 225 Å². The molecular weight excluding hydrogens is 499 g/mol. The largest absolute Gasteiger partial charge is 0.364 e. The molecule has 1 aliphatic heterocycles. The Bertz CT molecular complexity index is 1570. The molecule has 9 heteroatoms. The number of pyridine rings is 2. The van der Waals surface area contributed by atoms with E-state index >= 15 is 0 Å². The molecule has 38 heavy (non-hydrogen) atoms. The maximum atomic E-state index is 13.8. The quantitative estimate of drug-likeness (QED) is 0.352. The van der Waals surface area contributed by atoms with Gasteiger partial charge < -0.3 is 9.47 Å². The molecule has 3 atom stereocenters. The van der Waals surface area contributed by atoms with Gasteiger partial charge in [0, 0.05) is 49.4 Å². The van der Waals surface area contributed by atoms with Gasteiger partial charge in [0.2, 0.25) is 0 Å². The Morgan fingerprint density at radius 3 is 2.50 bits per heavy atom. The predicted molar refractivity (Wildman–Crippen MR) is 149 cm³/mol. The molecule has 0 aliphatic carbocycles. The second-order valence-corrected chi connectivity index (χ2v) is 11.5. The normalized spacial score (nSPS) is 19.2. The fourth-order valence-electron chi connectivity index (χ4n) is 5.26. The topological polar surface area (TPSA) is 78.0 Å². The van der Waals surface area contributed by atoms with Crippen molar-refractivity contribution in [3.63, 3.8) is 0 Å². The molecule has 5 rings (SSSR count). The van der Waals surface area contributed by atoms with Crippen LogP contribution in [0.1, 0.15) is 60.8 Å². The molecule has 0 bridgehead atoms. The van der Waals surface area contributed by atoms with Crippen molar-refractivity contribution >= 4 is 28.1 Å². The molecule has 1 aliphatic rings. The fraction of sp³-hybridized carbons (Fsp3) is 0.379. The number of piperazine rings is 1. The lowest BCUT2D eigenvalue weighted by molar-refractivity contribution is 0.130. The van der Waals surface area contributed by atoms with E-state index in [4.69, 9.17) is 4.98 Å². The van der Waals surface area contributed by atoms with Gasteiger partial charge in [0.05, 0.1) is 17.2 Å². The van der Waals surface area contributed by atoms with Crippen LogP contribution in [0, 0.1) is 17.1 Å². The van der Waals surface area contributed by atoms with Crippen LogP contribution in [-0.2, 0) is 7.05 Å². The molecule has 4 aromatic rings. The molecule has 1 saturated heterocycles. The average Bonchev–Trinajstić information content (AvgIpc) is 3.39. The molecule has 0 N–H and O–H groups in total. The van der Waals surface area contributed by atoms with Crippen LogP contribution in [0.4, 0.5) is 10.1 Å². The highest BCUT2D eigenvalue weighted by molar-refractivity contribution is 7.11. The highest BCUT2D eigenvalue weighted by atomic mass is 32.1. The Morgan fingerprint density at radius 1 is 1.11 bits per heavy atom. The highest BCUT2D eigenvalue weighted by Gasteiger charge is 2.37. The second kappa shape index (κ2) is 10.3. The lowest BCUT2D eigenvalue weighted by atomic mass is 9.99. The van der Waals surface area contributed by atoms with Crippen molar-refractivity contribution in [2.45, 2.75) is 51.7 Å². The Morgan fingerprint density at radius 2 is 1.84 bits per heavy atom. The standard InChI is InChI=1S/C29H31FN6OS/c1-17(2)25-14-32-29(38-25)28(20-6-8-21(30)9-7-20)36-16-18(3)35(15-19(36)4)24-12-26(37)34(5)23-11-10-22(13-31)33-27(23)24/h6-12,14,17-19,28H,15-16H2,1-5H3/t18-,19+,28?/m0/s1. The summed E-state index contributed by atoms with van der Waals surface area (Å²) in [5.74, 6) is 0.116. The third-order valence-electron chi connectivity index (χ3n) is 7.39. The van der Waals surface area contributed by atoms with Crippen LogP contribution in [0.25, 0.3) is 11.0 Å². The summed E-state index contributed by atoms with van der Waals surface area (Å²) in [5.41, 5.74) is 3.29. The van der Waals surface area contributed by atoms with E-state index in [1.165, 1.54) is 17.0 Å². The minimum Gasteiger partial charge on any atom is -0.364 e. The van der Waals surface area contributed by atoms with Gasteiger partial charge in [0.25, 0.3) is 5.56 Å². The van der Waals surface area contributed by atoms with E-state index in [0.717, 1.165) is 16.3 Å². The van der Waals surface area contributed by atoms with Crippen LogP contribution in [0.2, 0.25) is 0 Å². The molecule has 1 fully saturated rings. The molecule has 1 aromatic carbocycles. The van der Waals surface area contributed by atoms with Crippen molar-refractivity contribution in [3.05, 3.63) is 86.0 Å². The van der Waals surface area contributed by atoms with E-state index in [2.05, 4.69) is 48.5 Å². The number of rotatable bonds is 5. The Hall–Kier alpha value is -3.61. The van der Waals surface area contributed by atoms with Gasteiger partial charge in [-0.2, -0.15) is 5.26 Å². The minimum atomic E-state index is -0.262. The van der Waals surface area contributed by atoms with Crippen molar-refractivity contribution in [2.24, 2.45) is 7.05 Å². The second-order valence-electron chi connectivity index (χ2n) is 10.4. The number of benzene rings is 1. The van der Waals surface area contributed by atoms with Crippen LogP contribution in [-0.4, -0.2) is 44.6 Å². The maximum absolute atomic E-state index is 13.8. The van der Waals surface area contributed by atoms with Gasteiger partial charge in [-0.1, -0.05) is 26.0 Å². The lowest BCUT2D eigenvalue weighted by Gasteiger charge is -2.48. The van der Waals surface area contributed by atoms with Gasteiger partial charge in [-0.05, 0) is 49.6 Å². The average molecular weight is 531 g/mol. The van der Waals surface area contributed by atoms with Gasteiger partial charge in [0.15, 0.2) is 0 Å². The van der Waals surface area contributed by atoms with E-state index in [9.17, 15) is 14.4 Å². The third kappa shape index (κ3) is 4.70. The minimum absolute atomic E-state index is 0.0431. The van der Waals surface area contributed by atoms with Crippen LogP contribution in [0.15, 0.2) is 53.5 Å². The highest BCUT2D eigenvalue weighted by Crippen LogP contribution is 2.38. The van der Waals surface area contributed by atoms with Crippen LogP contribution < -0.4 is 10.5 Å². The lowest BCUT2D eigenvalue weighted by Crippen LogP contribution is -2.57. The van der Waals surface area contributed by atoms with Crippen molar-refractivity contribution in [3.8, 4) is 6.07 Å². The van der Waals surface area contributed by atoms with Crippen molar-refractivity contribution in [1.29, 1.82) is 5.26 Å². The predicted octanol–water partition coefficient (Wildman–Crippen LogP) is 5.21. The monoisotopic (exact) mass is 530 g/mol. The number of aryl methyl sites for hydroxylation is 1. The molecule has 0 saturated carbocycles. The molecule has 7 nitrogen and oxygen atoms in total. The molecule has 3 aromatic heterocycles. The summed E-state index contributed by atoms with van der Waals surface area (Å²) in [4.78, 5) is 28.1. The van der Waals surface area contributed by atoms with Gasteiger partial charge in [-0.3, -0.25) is 9.69 Å². The first-order valence-electron chi connectivity index (χ1n) is 12.8. The summed E-state index contributed by atoms with van der Waals surface area (Å²) in [5, 5.41) is 10.4. The van der Waals surface area contributed by atoms with Crippen molar-refractivity contribution < 1.29 is 4.39 Å². The number of halogens is 1. The molecule has 4 heterocycles. The van der Waals surface area contributed by atoms with E-state index in [1.807, 2.05) is 18.3 Å². The summed E-state index contributed by atoms with van der Waals surface area (Å²) >= 11 is 1.71. The molecule has 0 amide bonds. The van der Waals surface area contributed by atoms with Crippen molar-refractivity contribution in [2.75, 3.05) is 18.0 Å². The Balaban J connectivity index is 1.55. The number of hydrogen-bond acceptors (Lipinski definition) is 7. The van der Waals surface area contributed by atoms with E-state index in [0.29, 0.717) is 35.7 Å². The Kier molecular flexibility index (Phi) is 7.03. The molecule has 1 unspecified atom stereocenters. The SMILES string of the molecule is CC(C)c1cnc(C(c2ccc(F)cc2)N2C[C@H](C)N(c3cc(=O)n(C)c4ccc(C#N)nc34)C[C@H]2C)s1. The number of hydrogen-bond donors (Lipinski definition) is 0. The van der Waals surface area contributed by atoms with Gasteiger partial charge in [-0.15, -0.1) is 11.3 Å². The zero-order chi connectivity index (χ0) is 27.1. The number of anilines is 1. The molecular formula is C29H31FN6OS. The summed E-state index contributed by atoms with van der Waals surface area (Å²) in [6.45, 7) is 9.99. The number of aromatic nitrogens is 3. The summed E-state index contributed by atoms with van der Waals surface area (Å²) < 4.78 is 15.4. The zero-order valence-corrected chi connectivity index (χ0v) is 23.0. The first-order valence-corrected chi connectivity index (χ1v) is 13.6. The maximum Gasteiger partial charge on any atom is 0.252 e. The van der Waals surface area contributed by atoms with Gasteiger partial charge in [0.1, 0.15) is 28.1 Å². The number of nitrogens with zero attached hydrogens (tertiary/aromatic N) is 6. The van der Waals surface area contributed by atoms with Gasteiger partial charge >= 0.3 is 0 Å². The van der Waals surface area contributed by atoms with Gasteiger partial charge in [-0.25, -0.2) is 14.4 Å². The fourth-order valence-corrected chi connectivity index (χ4v) is 6.33.